The molecule has 0 fully saturated rings. The van der Waals surface area contributed by atoms with Gasteiger partial charge >= 0.3 is 5.97 Å². The van der Waals surface area contributed by atoms with E-state index >= 15 is 0 Å². The molecule has 2 rings (SSSR count). The van der Waals surface area contributed by atoms with E-state index in [2.05, 4.69) is 0 Å². The Hall–Kier alpha value is -2.69. The average molecular weight is 271 g/mol. The summed E-state index contributed by atoms with van der Waals surface area (Å²) < 4.78 is 5.26. The van der Waals surface area contributed by atoms with Gasteiger partial charge in [-0.15, -0.1) is 0 Å². The summed E-state index contributed by atoms with van der Waals surface area (Å²) in [5.41, 5.74) is 1.92. The summed E-state index contributed by atoms with van der Waals surface area (Å²) in [5, 5.41) is 10.7. The predicted molar refractivity (Wildman–Crippen MR) is 74.0 cm³/mol. The molecule has 0 heterocycles. The minimum Gasteiger partial charge on any atom is -0.423 e. The van der Waals surface area contributed by atoms with E-state index in [0.29, 0.717) is 5.75 Å². The third-order valence-corrected chi connectivity index (χ3v) is 2.83. The van der Waals surface area contributed by atoms with Crippen molar-refractivity contribution >= 4 is 11.7 Å². The maximum atomic E-state index is 12.0. The molecule has 5 heteroatoms. The third-order valence-electron chi connectivity index (χ3n) is 2.83. The monoisotopic (exact) mass is 271 g/mol. The molecule has 102 valence electrons. The number of nitrogens with zero attached hydrogens (tertiary/aromatic N) is 1. The number of hydrogen-bond donors (Lipinski definition) is 0. The largest absolute Gasteiger partial charge is 0.423 e. The number of hydrogen-bond acceptors (Lipinski definition) is 4. The zero-order chi connectivity index (χ0) is 14.7. The van der Waals surface area contributed by atoms with Gasteiger partial charge in [-0.2, -0.15) is 0 Å². The number of aryl methyl sites for hydroxylation is 2. The van der Waals surface area contributed by atoms with E-state index in [4.69, 9.17) is 4.74 Å². The molecule has 20 heavy (non-hydrogen) atoms. The maximum Gasteiger partial charge on any atom is 0.343 e. The highest BCUT2D eigenvalue weighted by Crippen LogP contribution is 2.21. The van der Waals surface area contributed by atoms with Gasteiger partial charge in [0.25, 0.3) is 5.69 Å². The predicted octanol–water partition coefficient (Wildman–Crippen LogP) is 3.43. The first-order valence-corrected chi connectivity index (χ1v) is 6.01. The second kappa shape index (κ2) is 5.52. The van der Waals surface area contributed by atoms with Crippen molar-refractivity contribution < 1.29 is 14.5 Å². The van der Waals surface area contributed by atoms with Crippen molar-refractivity contribution in [2.45, 2.75) is 13.8 Å². The number of non-ortho nitro benzene ring substituents is 1. The van der Waals surface area contributed by atoms with Crippen molar-refractivity contribution in [1.29, 1.82) is 0 Å². The number of carbonyl (C=O) groups excluding carboxylic acids is 1. The molecular weight excluding hydrogens is 258 g/mol. The fraction of sp³-hybridized carbons (Fsp3) is 0.133. The van der Waals surface area contributed by atoms with Crippen LogP contribution in [0.4, 0.5) is 5.69 Å². The van der Waals surface area contributed by atoms with Gasteiger partial charge < -0.3 is 4.74 Å². The van der Waals surface area contributed by atoms with Gasteiger partial charge in [-0.1, -0.05) is 23.8 Å². The molecule has 2 aromatic carbocycles. The van der Waals surface area contributed by atoms with Gasteiger partial charge in [-0.05, 0) is 31.5 Å². The van der Waals surface area contributed by atoms with Crippen LogP contribution in [0.3, 0.4) is 0 Å². The van der Waals surface area contributed by atoms with Crippen LogP contribution in [0.2, 0.25) is 0 Å². The Morgan fingerprint density at radius 1 is 1.15 bits per heavy atom. The van der Waals surface area contributed by atoms with Gasteiger partial charge in [0.05, 0.1) is 10.5 Å². The first-order chi connectivity index (χ1) is 9.47. The number of nitro groups is 1. The Bertz CT molecular complexity index is 679. The molecule has 0 saturated carbocycles. The summed E-state index contributed by atoms with van der Waals surface area (Å²) in [6.45, 7) is 3.78. The highest BCUT2D eigenvalue weighted by molar-refractivity contribution is 5.91. The van der Waals surface area contributed by atoms with Crippen molar-refractivity contribution in [3.8, 4) is 5.75 Å². The number of benzene rings is 2. The minimum absolute atomic E-state index is 0.139. The Morgan fingerprint density at radius 3 is 2.55 bits per heavy atom. The normalized spacial score (nSPS) is 10.1. The first kappa shape index (κ1) is 13.7. The summed E-state index contributed by atoms with van der Waals surface area (Å²) in [6, 6.07) is 10.9. The van der Waals surface area contributed by atoms with Gasteiger partial charge in [0.15, 0.2) is 0 Å². The van der Waals surface area contributed by atoms with Crippen LogP contribution < -0.4 is 4.74 Å². The molecule has 0 aliphatic carbocycles. The molecular formula is C15H13NO4. The molecule has 0 unspecified atom stereocenters. The Balaban J connectivity index is 2.24. The lowest BCUT2D eigenvalue weighted by molar-refractivity contribution is -0.384. The summed E-state index contributed by atoms with van der Waals surface area (Å²) >= 11 is 0. The van der Waals surface area contributed by atoms with Crippen LogP contribution in [0.5, 0.6) is 5.75 Å². The van der Waals surface area contributed by atoms with Crippen LogP contribution >= 0.6 is 0 Å². The zero-order valence-corrected chi connectivity index (χ0v) is 11.1. The van der Waals surface area contributed by atoms with Crippen molar-refractivity contribution in [2.75, 3.05) is 0 Å². The smallest absolute Gasteiger partial charge is 0.343 e. The number of carbonyl (C=O) groups is 1. The standard InChI is InChI=1S/C15H13NO4/c1-10-6-7-14(11(2)8-10)20-15(17)12-4-3-5-13(9-12)16(18)19/h3-9H,1-2H3. The fourth-order valence-electron chi connectivity index (χ4n) is 1.82. The topological polar surface area (TPSA) is 69.4 Å². The fourth-order valence-corrected chi connectivity index (χ4v) is 1.82. The quantitative estimate of drug-likeness (QED) is 0.371. The van der Waals surface area contributed by atoms with Crippen molar-refractivity contribution in [1.82, 2.24) is 0 Å². The van der Waals surface area contributed by atoms with Gasteiger partial charge in [-0.3, -0.25) is 10.1 Å². The molecule has 0 amide bonds. The molecule has 0 atom stereocenters. The van der Waals surface area contributed by atoms with Crippen LogP contribution in [-0.2, 0) is 0 Å². The lowest BCUT2D eigenvalue weighted by Gasteiger charge is -2.08. The van der Waals surface area contributed by atoms with E-state index in [9.17, 15) is 14.9 Å². The average Bonchev–Trinajstić information content (AvgIpc) is 2.42. The summed E-state index contributed by atoms with van der Waals surface area (Å²) in [7, 11) is 0. The highest BCUT2D eigenvalue weighted by atomic mass is 16.6. The van der Waals surface area contributed by atoms with Crippen LogP contribution in [-0.4, -0.2) is 10.9 Å². The van der Waals surface area contributed by atoms with E-state index in [1.807, 2.05) is 26.0 Å². The summed E-state index contributed by atoms with van der Waals surface area (Å²) in [5.74, 6) is -0.159. The zero-order valence-electron chi connectivity index (χ0n) is 11.1. The van der Waals surface area contributed by atoms with E-state index < -0.39 is 10.9 Å². The number of rotatable bonds is 3. The second-order valence-electron chi connectivity index (χ2n) is 4.47. The molecule has 0 radical (unpaired) electrons. The number of esters is 1. The summed E-state index contributed by atoms with van der Waals surface area (Å²) in [4.78, 5) is 22.1. The van der Waals surface area contributed by atoms with Crippen molar-refractivity contribution in [3.05, 3.63) is 69.3 Å². The van der Waals surface area contributed by atoms with Gasteiger partial charge in [0, 0.05) is 12.1 Å². The van der Waals surface area contributed by atoms with Crippen LogP contribution in [0, 0.1) is 24.0 Å². The van der Waals surface area contributed by atoms with Crippen molar-refractivity contribution in [3.63, 3.8) is 0 Å². The van der Waals surface area contributed by atoms with E-state index in [1.165, 1.54) is 24.3 Å². The number of nitro benzene ring substituents is 1. The van der Waals surface area contributed by atoms with Gasteiger partial charge in [0.1, 0.15) is 5.75 Å². The Labute approximate surface area is 116 Å². The lowest BCUT2D eigenvalue weighted by Crippen LogP contribution is -2.09. The number of ether oxygens (including phenoxy) is 1. The maximum absolute atomic E-state index is 12.0. The minimum atomic E-state index is -0.611. The molecule has 5 nitrogen and oxygen atoms in total. The van der Waals surface area contributed by atoms with Crippen molar-refractivity contribution in [2.24, 2.45) is 0 Å². The van der Waals surface area contributed by atoms with Gasteiger partial charge in [0.2, 0.25) is 0 Å². The van der Waals surface area contributed by atoms with E-state index in [-0.39, 0.29) is 11.3 Å². The first-order valence-electron chi connectivity index (χ1n) is 6.01. The molecule has 0 saturated heterocycles. The third kappa shape index (κ3) is 3.00. The SMILES string of the molecule is Cc1ccc(OC(=O)c2cccc([N+](=O)[O-])c2)c(C)c1. The molecule has 0 bridgehead atoms. The molecule has 0 spiro atoms. The lowest BCUT2D eigenvalue weighted by atomic mass is 10.1. The Morgan fingerprint density at radius 2 is 1.90 bits per heavy atom. The second-order valence-corrected chi connectivity index (χ2v) is 4.47. The van der Waals surface area contributed by atoms with Crippen LogP contribution in [0.1, 0.15) is 21.5 Å². The molecule has 0 aromatic heterocycles. The van der Waals surface area contributed by atoms with Gasteiger partial charge in [-0.25, -0.2) is 4.79 Å². The molecule has 0 N–H and O–H groups in total. The Kier molecular flexibility index (Phi) is 3.79. The van der Waals surface area contributed by atoms with E-state index in [1.54, 1.807) is 6.07 Å². The van der Waals surface area contributed by atoms with Crippen LogP contribution in [0.25, 0.3) is 0 Å². The molecule has 0 aliphatic heterocycles. The summed E-state index contributed by atoms with van der Waals surface area (Å²) in [6.07, 6.45) is 0. The van der Waals surface area contributed by atoms with E-state index in [0.717, 1.165) is 11.1 Å². The molecule has 2 aromatic rings. The highest BCUT2D eigenvalue weighted by Gasteiger charge is 2.14. The molecule has 0 aliphatic rings. The van der Waals surface area contributed by atoms with Crippen LogP contribution in [0.15, 0.2) is 42.5 Å².